The van der Waals surface area contributed by atoms with Crippen LogP contribution in [0.4, 0.5) is 4.39 Å². The number of rotatable bonds is 4. The molecule has 20 heavy (non-hydrogen) atoms. The average Bonchev–Trinajstić information content (AvgIpc) is 2.43. The SMILES string of the molecule is CONC(=O)[C@@H]1CS[C@H](Cc2ccccc2F)C(=O)N1. The zero-order valence-corrected chi connectivity index (χ0v) is 11.7. The van der Waals surface area contributed by atoms with Crippen LogP contribution in [-0.4, -0.2) is 36.0 Å². The van der Waals surface area contributed by atoms with Crippen LogP contribution in [0, 0.1) is 5.82 Å². The van der Waals surface area contributed by atoms with Gasteiger partial charge in [0, 0.05) is 5.75 Å². The van der Waals surface area contributed by atoms with Gasteiger partial charge in [0.05, 0.1) is 12.4 Å². The van der Waals surface area contributed by atoms with Crippen molar-refractivity contribution in [2.45, 2.75) is 17.7 Å². The summed E-state index contributed by atoms with van der Waals surface area (Å²) >= 11 is 1.34. The zero-order valence-electron chi connectivity index (χ0n) is 10.9. The third kappa shape index (κ3) is 3.49. The summed E-state index contributed by atoms with van der Waals surface area (Å²) in [5, 5.41) is 2.23. The molecule has 1 aliphatic heterocycles. The van der Waals surface area contributed by atoms with Gasteiger partial charge < -0.3 is 5.32 Å². The van der Waals surface area contributed by atoms with Gasteiger partial charge in [-0.2, -0.15) is 0 Å². The van der Waals surface area contributed by atoms with Crippen molar-refractivity contribution in [1.82, 2.24) is 10.8 Å². The Labute approximate surface area is 120 Å². The van der Waals surface area contributed by atoms with Gasteiger partial charge in [-0.1, -0.05) is 18.2 Å². The summed E-state index contributed by atoms with van der Waals surface area (Å²) in [4.78, 5) is 28.0. The fraction of sp³-hybridized carbons (Fsp3) is 0.385. The van der Waals surface area contributed by atoms with E-state index in [0.717, 1.165) is 0 Å². The smallest absolute Gasteiger partial charge is 0.266 e. The Morgan fingerprint density at radius 2 is 2.30 bits per heavy atom. The Kier molecular flexibility index (Phi) is 4.97. The molecule has 1 heterocycles. The number of halogens is 1. The standard InChI is InChI=1S/C13H15FN2O3S/c1-19-16-12(17)10-7-20-11(13(18)15-10)6-8-4-2-3-5-9(8)14/h2-5,10-11H,6-7H2,1H3,(H,15,18)(H,16,17)/t10-,11+/m0/s1. The summed E-state index contributed by atoms with van der Waals surface area (Å²) in [7, 11) is 1.33. The van der Waals surface area contributed by atoms with Crippen molar-refractivity contribution in [3.05, 3.63) is 35.6 Å². The van der Waals surface area contributed by atoms with Gasteiger partial charge in [-0.3, -0.25) is 14.4 Å². The number of hydrogen-bond donors (Lipinski definition) is 2. The molecule has 0 radical (unpaired) electrons. The number of carbonyl (C=O) groups excluding carboxylic acids is 2. The van der Waals surface area contributed by atoms with Gasteiger partial charge in [0.2, 0.25) is 5.91 Å². The highest BCUT2D eigenvalue weighted by molar-refractivity contribution is 8.00. The second-order valence-electron chi connectivity index (χ2n) is 4.35. The van der Waals surface area contributed by atoms with E-state index in [0.29, 0.717) is 17.7 Å². The van der Waals surface area contributed by atoms with Crippen LogP contribution in [0.1, 0.15) is 5.56 Å². The highest BCUT2D eigenvalue weighted by Crippen LogP contribution is 2.23. The first-order chi connectivity index (χ1) is 9.61. The van der Waals surface area contributed by atoms with Crippen molar-refractivity contribution in [2.24, 2.45) is 0 Å². The van der Waals surface area contributed by atoms with Crippen LogP contribution in [0.25, 0.3) is 0 Å². The highest BCUT2D eigenvalue weighted by Gasteiger charge is 2.32. The van der Waals surface area contributed by atoms with Gasteiger partial charge in [0.15, 0.2) is 0 Å². The van der Waals surface area contributed by atoms with Crippen LogP contribution in [-0.2, 0) is 20.8 Å². The third-order valence-corrected chi connectivity index (χ3v) is 4.26. The minimum absolute atomic E-state index is 0.263. The van der Waals surface area contributed by atoms with Crippen LogP contribution >= 0.6 is 11.8 Å². The maximum absolute atomic E-state index is 13.6. The lowest BCUT2D eigenvalue weighted by molar-refractivity contribution is -0.136. The van der Waals surface area contributed by atoms with Gasteiger partial charge in [-0.25, -0.2) is 9.87 Å². The van der Waals surface area contributed by atoms with Gasteiger partial charge >= 0.3 is 0 Å². The Morgan fingerprint density at radius 3 is 2.95 bits per heavy atom. The Morgan fingerprint density at radius 1 is 1.55 bits per heavy atom. The van der Waals surface area contributed by atoms with Crippen LogP contribution in [0.2, 0.25) is 0 Å². The minimum atomic E-state index is -0.621. The topological polar surface area (TPSA) is 67.4 Å². The monoisotopic (exact) mass is 298 g/mol. The molecule has 2 rings (SSSR count). The lowest BCUT2D eigenvalue weighted by Crippen LogP contribution is -2.54. The molecule has 0 saturated carbocycles. The molecule has 1 fully saturated rings. The molecule has 7 heteroatoms. The maximum atomic E-state index is 13.6. The number of hydroxylamine groups is 1. The van der Waals surface area contributed by atoms with E-state index < -0.39 is 17.2 Å². The van der Waals surface area contributed by atoms with Crippen LogP contribution < -0.4 is 10.8 Å². The minimum Gasteiger partial charge on any atom is -0.342 e. The predicted octanol–water partition coefficient (Wildman–Crippen LogP) is 0.646. The van der Waals surface area contributed by atoms with Crippen LogP contribution in [0.15, 0.2) is 24.3 Å². The number of nitrogens with one attached hydrogen (secondary N) is 2. The molecule has 0 spiro atoms. The molecule has 2 atom stereocenters. The van der Waals surface area contributed by atoms with Crippen LogP contribution in [0.5, 0.6) is 0 Å². The zero-order chi connectivity index (χ0) is 14.5. The fourth-order valence-corrected chi connectivity index (χ4v) is 3.10. The number of amides is 2. The molecular weight excluding hydrogens is 283 g/mol. The first-order valence-corrected chi connectivity index (χ1v) is 7.15. The lowest BCUT2D eigenvalue weighted by atomic mass is 10.1. The van der Waals surface area contributed by atoms with Gasteiger partial charge in [-0.15, -0.1) is 11.8 Å². The lowest BCUT2D eigenvalue weighted by Gasteiger charge is -2.27. The second-order valence-corrected chi connectivity index (χ2v) is 5.58. The van der Waals surface area contributed by atoms with E-state index in [1.54, 1.807) is 18.2 Å². The summed E-state index contributed by atoms with van der Waals surface area (Å²) in [6.07, 6.45) is 0.307. The van der Waals surface area contributed by atoms with Gasteiger partial charge in [0.25, 0.3) is 5.91 Å². The summed E-state index contributed by atoms with van der Waals surface area (Å²) in [6.45, 7) is 0. The van der Waals surface area contributed by atoms with E-state index in [9.17, 15) is 14.0 Å². The van der Waals surface area contributed by atoms with Crippen molar-refractivity contribution in [1.29, 1.82) is 0 Å². The highest BCUT2D eigenvalue weighted by atomic mass is 32.2. The van der Waals surface area contributed by atoms with E-state index in [-0.39, 0.29) is 11.7 Å². The first kappa shape index (κ1) is 14.8. The molecule has 0 unspecified atom stereocenters. The molecular formula is C13H15FN2O3S. The molecule has 1 aliphatic rings. The van der Waals surface area contributed by atoms with E-state index in [1.165, 1.54) is 24.9 Å². The van der Waals surface area contributed by atoms with Gasteiger partial charge in [-0.05, 0) is 18.1 Å². The summed E-state index contributed by atoms with van der Waals surface area (Å²) in [5.41, 5.74) is 2.68. The maximum Gasteiger partial charge on any atom is 0.266 e. The first-order valence-electron chi connectivity index (χ1n) is 6.10. The number of benzene rings is 1. The Hall–Kier alpha value is -1.60. The van der Waals surface area contributed by atoms with E-state index in [1.807, 2.05) is 0 Å². The molecule has 0 bridgehead atoms. The quantitative estimate of drug-likeness (QED) is 0.801. The number of hydrogen-bond acceptors (Lipinski definition) is 4. The van der Waals surface area contributed by atoms with Crippen molar-refractivity contribution in [3.63, 3.8) is 0 Å². The van der Waals surface area contributed by atoms with Crippen molar-refractivity contribution in [2.75, 3.05) is 12.9 Å². The van der Waals surface area contributed by atoms with E-state index >= 15 is 0 Å². The summed E-state index contributed by atoms with van der Waals surface area (Å²) in [6, 6.07) is 5.75. The molecule has 2 N–H and O–H groups in total. The van der Waals surface area contributed by atoms with Crippen molar-refractivity contribution < 1.29 is 18.8 Å². The summed E-state index contributed by atoms with van der Waals surface area (Å²) < 4.78 is 13.6. The predicted molar refractivity (Wildman–Crippen MR) is 73.4 cm³/mol. The fourth-order valence-electron chi connectivity index (χ4n) is 1.92. The second kappa shape index (κ2) is 6.71. The molecule has 0 aromatic heterocycles. The molecule has 2 amide bonds. The Bertz CT molecular complexity index is 512. The van der Waals surface area contributed by atoms with Gasteiger partial charge in [0.1, 0.15) is 11.9 Å². The molecule has 0 aliphatic carbocycles. The van der Waals surface area contributed by atoms with Crippen LogP contribution in [0.3, 0.4) is 0 Å². The molecule has 1 aromatic rings. The Balaban J connectivity index is 1.95. The third-order valence-electron chi connectivity index (χ3n) is 2.96. The van der Waals surface area contributed by atoms with Crippen molar-refractivity contribution >= 4 is 23.6 Å². The largest absolute Gasteiger partial charge is 0.342 e. The van der Waals surface area contributed by atoms with Crippen molar-refractivity contribution in [3.8, 4) is 0 Å². The number of carbonyl (C=O) groups is 2. The number of thioether (sulfide) groups is 1. The molecule has 5 nitrogen and oxygen atoms in total. The normalized spacial score (nSPS) is 22.2. The summed E-state index contributed by atoms with van der Waals surface area (Å²) in [5.74, 6) is -0.543. The molecule has 108 valence electrons. The van der Waals surface area contributed by atoms with E-state index in [4.69, 9.17) is 0 Å². The molecule has 1 aromatic carbocycles. The van der Waals surface area contributed by atoms with E-state index in [2.05, 4.69) is 15.6 Å². The average molecular weight is 298 g/mol. The molecule has 1 saturated heterocycles.